The molecule has 0 bridgehead atoms. The van der Waals surface area contributed by atoms with E-state index in [2.05, 4.69) is 25.4 Å². The van der Waals surface area contributed by atoms with Crippen LogP contribution in [0, 0.1) is 0 Å². The summed E-state index contributed by atoms with van der Waals surface area (Å²) < 4.78 is 0. The van der Waals surface area contributed by atoms with Gasteiger partial charge in [0.15, 0.2) is 0 Å². The third-order valence-corrected chi connectivity index (χ3v) is 7.74. The molecule has 0 nitrogen and oxygen atoms in total. The normalized spacial score (nSPS) is 23.9. The van der Waals surface area contributed by atoms with E-state index in [1.165, 1.54) is 69.8 Å². The van der Waals surface area contributed by atoms with Gasteiger partial charge in [0.05, 0.1) is 0 Å². The van der Waals surface area contributed by atoms with E-state index in [0.29, 0.717) is 0 Å². The molecule has 0 radical (unpaired) electrons. The van der Waals surface area contributed by atoms with Gasteiger partial charge >= 0.3 is 0 Å². The van der Waals surface area contributed by atoms with Gasteiger partial charge in [0.1, 0.15) is 0 Å². The summed E-state index contributed by atoms with van der Waals surface area (Å²) in [5.74, 6) is 2.59. The third kappa shape index (κ3) is 4.23. The van der Waals surface area contributed by atoms with Gasteiger partial charge in [-0.2, -0.15) is 0 Å². The average molecular weight is 264 g/mol. The number of rotatable bonds is 4. The summed E-state index contributed by atoms with van der Waals surface area (Å²) in [5, 5.41) is 0. The largest absolute Gasteiger partial charge is 0.0961 e. The number of hydrogen-bond donors (Lipinski definition) is 0. The van der Waals surface area contributed by atoms with Gasteiger partial charge in [0, 0.05) is 0 Å². The van der Waals surface area contributed by atoms with Crippen molar-refractivity contribution in [3.63, 3.8) is 0 Å². The zero-order chi connectivity index (χ0) is 12.8. The molecule has 2 aliphatic carbocycles. The van der Waals surface area contributed by atoms with Crippen molar-refractivity contribution in [3.05, 3.63) is 24.0 Å². The quantitative estimate of drug-likeness (QED) is 0.417. The maximum Gasteiger partial charge on any atom is -0.0172 e. The number of allylic oxidation sites excluding steroid dienone is 2. The number of hydrogen-bond acceptors (Lipinski definition) is 0. The Balaban J connectivity index is 2.02. The highest BCUT2D eigenvalue weighted by Gasteiger charge is 2.29. The Morgan fingerprint density at radius 3 is 1.72 bits per heavy atom. The van der Waals surface area contributed by atoms with Crippen LogP contribution in [0.4, 0.5) is 0 Å². The smallest absolute Gasteiger partial charge is 0.0172 e. The summed E-state index contributed by atoms with van der Waals surface area (Å²) in [6.07, 6.45) is 17.2. The highest BCUT2D eigenvalue weighted by atomic mass is 31.1. The maximum atomic E-state index is 4.04. The van der Waals surface area contributed by atoms with Crippen molar-refractivity contribution >= 4 is 7.92 Å². The first-order valence-electron chi connectivity index (χ1n) is 7.88. The molecule has 0 aromatic carbocycles. The second kappa shape index (κ2) is 7.49. The second-order valence-electron chi connectivity index (χ2n) is 6.19. The molecule has 2 rings (SSSR count). The van der Waals surface area contributed by atoms with Gasteiger partial charge < -0.3 is 0 Å². The minimum Gasteiger partial charge on any atom is -0.0961 e. The molecule has 0 unspecified atom stereocenters. The first-order chi connectivity index (χ1) is 8.77. The van der Waals surface area contributed by atoms with Crippen LogP contribution in [0.3, 0.4) is 0 Å². The van der Waals surface area contributed by atoms with Crippen molar-refractivity contribution in [2.45, 2.75) is 82.4 Å². The Hall–Kier alpha value is -0.0900. The molecule has 0 atom stereocenters. The van der Waals surface area contributed by atoms with Gasteiger partial charge in [-0.15, -0.1) is 0 Å². The van der Waals surface area contributed by atoms with E-state index in [4.69, 9.17) is 0 Å². The van der Waals surface area contributed by atoms with E-state index in [0.717, 1.165) is 11.3 Å². The van der Waals surface area contributed by atoms with Crippen LogP contribution in [0.15, 0.2) is 24.0 Å². The minimum absolute atomic E-state index is 0.129. The lowest BCUT2D eigenvalue weighted by atomic mass is 9.99. The van der Waals surface area contributed by atoms with E-state index >= 15 is 0 Å². The first-order valence-corrected chi connectivity index (χ1v) is 9.43. The molecule has 18 heavy (non-hydrogen) atoms. The first kappa shape index (κ1) is 14.3. The van der Waals surface area contributed by atoms with E-state index in [9.17, 15) is 0 Å². The average Bonchev–Trinajstić information content (AvgIpc) is 2.41. The SMILES string of the molecule is C=C(C)C=CP(C1CCCCC1)C1CCCCC1. The zero-order valence-corrected chi connectivity index (χ0v) is 12.9. The van der Waals surface area contributed by atoms with Crippen molar-refractivity contribution in [2.75, 3.05) is 0 Å². The van der Waals surface area contributed by atoms with Crippen LogP contribution >= 0.6 is 7.92 Å². The van der Waals surface area contributed by atoms with Gasteiger partial charge in [0.25, 0.3) is 0 Å². The topological polar surface area (TPSA) is 0 Å². The maximum absolute atomic E-state index is 4.04. The Morgan fingerprint density at radius 2 is 1.33 bits per heavy atom. The summed E-state index contributed by atoms with van der Waals surface area (Å²) in [7, 11) is 0.129. The van der Waals surface area contributed by atoms with Gasteiger partial charge in [-0.05, 0) is 43.9 Å². The van der Waals surface area contributed by atoms with Crippen molar-refractivity contribution in [1.82, 2.24) is 0 Å². The molecular formula is C17H29P. The van der Waals surface area contributed by atoms with Crippen LogP contribution in [0.5, 0.6) is 0 Å². The van der Waals surface area contributed by atoms with Crippen molar-refractivity contribution in [3.8, 4) is 0 Å². The molecule has 0 aromatic rings. The van der Waals surface area contributed by atoms with Gasteiger partial charge in [-0.3, -0.25) is 0 Å². The molecular weight excluding hydrogens is 235 g/mol. The fraction of sp³-hybridized carbons (Fsp3) is 0.765. The third-order valence-electron chi connectivity index (χ3n) is 4.52. The van der Waals surface area contributed by atoms with Crippen molar-refractivity contribution < 1.29 is 0 Å². The van der Waals surface area contributed by atoms with Crippen LogP contribution < -0.4 is 0 Å². The van der Waals surface area contributed by atoms with Gasteiger partial charge in [-0.25, -0.2) is 0 Å². The van der Waals surface area contributed by atoms with E-state index in [-0.39, 0.29) is 7.92 Å². The second-order valence-corrected chi connectivity index (χ2v) is 8.85. The van der Waals surface area contributed by atoms with Crippen molar-refractivity contribution in [2.24, 2.45) is 0 Å². The molecule has 0 heterocycles. The van der Waals surface area contributed by atoms with Crippen LogP contribution in [-0.2, 0) is 0 Å². The van der Waals surface area contributed by atoms with Crippen LogP contribution in [0.2, 0.25) is 0 Å². The van der Waals surface area contributed by atoms with Gasteiger partial charge in [0.2, 0.25) is 0 Å². The summed E-state index contributed by atoms with van der Waals surface area (Å²) in [6, 6.07) is 0. The fourth-order valence-corrected chi connectivity index (χ4v) is 6.95. The lowest BCUT2D eigenvalue weighted by Crippen LogP contribution is -2.19. The monoisotopic (exact) mass is 264 g/mol. The van der Waals surface area contributed by atoms with Crippen molar-refractivity contribution in [1.29, 1.82) is 0 Å². The molecule has 0 N–H and O–H groups in total. The highest BCUT2D eigenvalue weighted by Crippen LogP contribution is 2.56. The molecule has 102 valence electrons. The van der Waals surface area contributed by atoms with Crippen LogP contribution in [0.1, 0.15) is 71.1 Å². The van der Waals surface area contributed by atoms with Gasteiger partial charge in [-0.1, -0.05) is 70.5 Å². The predicted molar refractivity (Wildman–Crippen MR) is 84.6 cm³/mol. The van der Waals surface area contributed by atoms with E-state index in [1.807, 2.05) is 0 Å². The summed E-state index contributed by atoms with van der Waals surface area (Å²) in [6.45, 7) is 6.17. The molecule has 0 aliphatic heterocycles. The lowest BCUT2D eigenvalue weighted by Gasteiger charge is -2.36. The Morgan fingerprint density at radius 1 is 0.889 bits per heavy atom. The Kier molecular flexibility index (Phi) is 5.96. The summed E-state index contributed by atoms with van der Waals surface area (Å²) in [4.78, 5) is 0. The minimum atomic E-state index is 0.129. The van der Waals surface area contributed by atoms with Crippen LogP contribution in [0.25, 0.3) is 0 Å². The zero-order valence-electron chi connectivity index (χ0n) is 12.0. The standard InChI is InChI=1S/C17H29P/c1-15(2)13-14-18(16-9-5-3-6-10-16)17-11-7-4-8-12-17/h13-14,16-17H,1,3-12H2,2H3. The molecule has 2 saturated carbocycles. The highest BCUT2D eigenvalue weighted by molar-refractivity contribution is 7.62. The molecule has 0 saturated heterocycles. The fourth-order valence-electron chi connectivity index (χ4n) is 3.51. The predicted octanol–water partition coefficient (Wildman–Crippen LogP) is 6.22. The van der Waals surface area contributed by atoms with E-state index < -0.39 is 0 Å². The lowest BCUT2D eigenvalue weighted by molar-refractivity contribution is 0.486. The Bertz CT molecular complexity index is 262. The summed E-state index contributed by atoms with van der Waals surface area (Å²) in [5.41, 5.74) is 3.30. The molecule has 0 aromatic heterocycles. The van der Waals surface area contributed by atoms with Crippen LogP contribution in [-0.4, -0.2) is 11.3 Å². The molecule has 0 spiro atoms. The molecule has 2 aliphatic rings. The molecule has 1 heteroatoms. The molecule has 2 fully saturated rings. The van der Waals surface area contributed by atoms with E-state index in [1.54, 1.807) is 0 Å². The molecule has 0 amide bonds. The Labute approximate surface area is 115 Å². The summed E-state index contributed by atoms with van der Waals surface area (Å²) >= 11 is 0.